The van der Waals surface area contributed by atoms with Crippen LogP contribution in [0.5, 0.6) is 5.75 Å². The molecular formula is C20H25N4O8P. The first kappa shape index (κ1) is 23.4. The van der Waals surface area contributed by atoms with Crippen molar-refractivity contribution in [3.05, 3.63) is 53.1 Å². The minimum Gasteiger partial charge on any atom is -0.480 e. The van der Waals surface area contributed by atoms with Crippen molar-refractivity contribution in [2.75, 3.05) is 12.3 Å². The van der Waals surface area contributed by atoms with Crippen LogP contribution in [0.1, 0.15) is 26.0 Å². The Morgan fingerprint density at radius 1 is 1.39 bits per heavy atom. The highest BCUT2D eigenvalue weighted by atomic mass is 31.2. The average molecular weight is 480 g/mol. The quantitative estimate of drug-likeness (QED) is 0.379. The smallest absolute Gasteiger partial charge is 0.459 e. The van der Waals surface area contributed by atoms with Gasteiger partial charge in [0.25, 0.3) is 0 Å². The van der Waals surface area contributed by atoms with E-state index in [0.717, 1.165) is 0 Å². The van der Waals surface area contributed by atoms with Crippen LogP contribution in [-0.4, -0.2) is 50.6 Å². The second-order valence-electron chi connectivity index (χ2n) is 8.13. The van der Waals surface area contributed by atoms with E-state index in [1.54, 1.807) is 30.3 Å². The van der Waals surface area contributed by atoms with Gasteiger partial charge in [-0.25, -0.2) is 9.36 Å². The summed E-state index contributed by atoms with van der Waals surface area (Å²) in [5.41, 5.74) is 4.23. The molecule has 2 unspecified atom stereocenters. The summed E-state index contributed by atoms with van der Waals surface area (Å²) in [6, 6.07) is 8.34. The molecule has 13 heteroatoms. The van der Waals surface area contributed by atoms with Gasteiger partial charge in [-0.15, -0.1) is 0 Å². The van der Waals surface area contributed by atoms with Gasteiger partial charge in [0.15, 0.2) is 0 Å². The van der Waals surface area contributed by atoms with E-state index in [1.165, 1.54) is 23.8 Å². The number of hydrogen-bond acceptors (Lipinski definition) is 9. The number of nitrogen functional groups attached to an aromatic ring is 1. The number of carbonyl (C=O) groups is 1. The Bertz CT molecular complexity index is 1120. The molecule has 1 spiro atoms. The zero-order chi connectivity index (χ0) is 23.8. The third-order valence-corrected chi connectivity index (χ3v) is 7.41. The Morgan fingerprint density at radius 2 is 2.09 bits per heavy atom. The number of nitrogens with one attached hydrogen (secondary N) is 1. The van der Waals surface area contributed by atoms with Crippen LogP contribution in [0.2, 0.25) is 0 Å². The number of benzene rings is 1. The summed E-state index contributed by atoms with van der Waals surface area (Å²) in [5.74, 6) is -0.980. The van der Waals surface area contributed by atoms with Crippen LogP contribution < -0.4 is 21.0 Å². The maximum Gasteiger partial charge on any atom is 0.459 e. The van der Waals surface area contributed by atoms with Crippen molar-refractivity contribution in [3.63, 3.8) is 0 Å². The molecular weight excluding hydrogens is 455 g/mol. The molecule has 4 rings (SSSR count). The lowest BCUT2D eigenvalue weighted by Gasteiger charge is -2.24. The SMILES string of the molecule is CC(NP(=O)(OC[C@H]1O[C@@H](n2ccc(N)nc2=O)C2(CC2)[C@@H]1O)Oc1ccccc1)C(=O)O. The molecule has 2 aliphatic rings. The maximum atomic E-state index is 13.3. The van der Waals surface area contributed by atoms with Crippen LogP contribution in [0, 0.1) is 5.41 Å². The number of aromatic nitrogens is 2. The van der Waals surface area contributed by atoms with E-state index >= 15 is 0 Å². The van der Waals surface area contributed by atoms with E-state index in [-0.39, 0.29) is 18.2 Å². The van der Waals surface area contributed by atoms with E-state index in [0.29, 0.717) is 12.8 Å². The van der Waals surface area contributed by atoms with Gasteiger partial charge in [-0.2, -0.15) is 10.1 Å². The van der Waals surface area contributed by atoms with Crippen molar-refractivity contribution in [1.82, 2.24) is 14.6 Å². The van der Waals surface area contributed by atoms with Gasteiger partial charge in [-0.05, 0) is 38.0 Å². The number of hydrogen-bond donors (Lipinski definition) is 4. The molecule has 1 aliphatic carbocycles. The average Bonchev–Trinajstić information content (AvgIpc) is 3.51. The van der Waals surface area contributed by atoms with Gasteiger partial charge in [0, 0.05) is 11.6 Å². The molecule has 5 N–H and O–H groups in total. The standard InChI is InChI=1S/C20H25N4O8P/c1-12(17(26)27)23-33(29,32-13-5-3-2-4-6-13)30-11-14-16(25)20(8-9-20)18(31-14)24-10-7-15(21)22-19(24)28/h2-7,10,12,14,16,18,25H,8-9,11H2,1H3,(H,23,29)(H,26,27)(H2,21,22,28)/t12?,14-,16-,18-,33?/m1/s1. The summed E-state index contributed by atoms with van der Waals surface area (Å²) in [5, 5.41) is 22.5. The van der Waals surface area contributed by atoms with Crippen LogP contribution in [0.25, 0.3) is 0 Å². The molecule has 5 atom stereocenters. The van der Waals surface area contributed by atoms with Gasteiger partial charge in [-0.3, -0.25) is 13.9 Å². The van der Waals surface area contributed by atoms with Crippen molar-refractivity contribution in [2.24, 2.45) is 5.41 Å². The molecule has 1 saturated heterocycles. The minimum absolute atomic E-state index is 0.0668. The largest absolute Gasteiger partial charge is 0.480 e. The van der Waals surface area contributed by atoms with Crippen molar-refractivity contribution < 1.29 is 33.4 Å². The second-order valence-corrected chi connectivity index (χ2v) is 9.83. The number of carboxylic acid groups (broad SMARTS) is 1. The molecule has 178 valence electrons. The molecule has 1 aliphatic heterocycles. The number of nitrogens with zero attached hydrogens (tertiary/aromatic N) is 2. The highest BCUT2D eigenvalue weighted by Crippen LogP contribution is 2.62. The third kappa shape index (κ3) is 4.80. The Kier molecular flexibility index (Phi) is 6.30. The van der Waals surface area contributed by atoms with Gasteiger partial charge in [-0.1, -0.05) is 18.2 Å². The number of aliphatic hydroxyl groups excluding tert-OH is 1. The lowest BCUT2D eigenvalue weighted by molar-refractivity contribution is -0.138. The van der Waals surface area contributed by atoms with E-state index in [4.69, 9.17) is 19.5 Å². The lowest BCUT2D eigenvalue weighted by atomic mass is 9.96. The molecule has 2 fully saturated rings. The number of rotatable bonds is 9. The van der Waals surface area contributed by atoms with Crippen LogP contribution in [-0.2, 0) is 18.6 Å². The van der Waals surface area contributed by atoms with Crippen molar-refractivity contribution in [2.45, 2.75) is 44.2 Å². The van der Waals surface area contributed by atoms with E-state index < -0.39 is 49.3 Å². The molecule has 0 bridgehead atoms. The number of ether oxygens (including phenoxy) is 1. The van der Waals surface area contributed by atoms with Crippen LogP contribution in [0.4, 0.5) is 5.82 Å². The van der Waals surface area contributed by atoms with E-state index in [2.05, 4.69) is 10.1 Å². The minimum atomic E-state index is -4.18. The first-order valence-electron chi connectivity index (χ1n) is 10.3. The molecule has 2 heterocycles. The molecule has 0 amide bonds. The second kappa shape index (κ2) is 8.88. The summed E-state index contributed by atoms with van der Waals surface area (Å²) in [4.78, 5) is 27.3. The molecule has 1 aromatic carbocycles. The monoisotopic (exact) mass is 480 g/mol. The predicted molar refractivity (Wildman–Crippen MR) is 115 cm³/mol. The number of aliphatic hydroxyl groups is 1. The van der Waals surface area contributed by atoms with E-state index in [9.17, 15) is 24.4 Å². The Balaban J connectivity index is 1.52. The van der Waals surface area contributed by atoms with Gasteiger partial charge >= 0.3 is 19.4 Å². The van der Waals surface area contributed by atoms with Crippen LogP contribution in [0.15, 0.2) is 47.4 Å². The first-order valence-corrected chi connectivity index (χ1v) is 11.9. The lowest BCUT2D eigenvalue weighted by Crippen LogP contribution is -2.36. The van der Waals surface area contributed by atoms with E-state index in [1.807, 2.05) is 0 Å². The highest BCUT2D eigenvalue weighted by molar-refractivity contribution is 7.52. The Labute approximate surface area is 188 Å². The van der Waals surface area contributed by atoms with Crippen molar-refractivity contribution >= 4 is 19.5 Å². The van der Waals surface area contributed by atoms with Gasteiger partial charge < -0.3 is 25.2 Å². The highest BCUT2D eigenvalue weighted by Gasteiger charge is 2.64. The van der Waals surface area contributed by atoms with Gasteiger partial charge in [0.1, 0.15) is 29.9 Å². The Hall–Kier alpha value is -2.76. The number of carboxylic acids is 1. The fraction of sp³-hybridized carbons (Fsp3) is 0.450. The number of para-hydroxylation sites is 1. The van der Waals surface area contributed by atoms with Crippen molar-refractivity contribution in [1.29, 1.82) is 0 Å². The third-order valence-electron chi connectivity index (χ3n) is 5.77. The van der Waals surface area contributed by atoms with Gasteiger partial charge in [0.05, 0.1) is 12.7 Å². The van der Waals surface area contributed by atoms with Gasteiger partial charge in [0.2, 0.25) is 0 Å². The summed E-state index contributed by atoms with van der Waals surface area (Å²) < 4.78 is 31.5. The summed E-state index contributed by atoms with van der Waals surface area (Å²) in [6.45, 7) is 0.920. The number of aliphatic carboxylic acids is 1. The fourth-order valence-electron chi connectivity index (χ4n) is 3.83. The number of nitrogens with two attached hydrogens (primary N) is 1. The number of anilines is 1. The van der Waals surface area contributed by atoms with Crippen molar-refractivity contribution in [3.8, 4) is 5.75 Å². The topological polar surface area (TPSA) is 175 Å². The summed E-state index contributed by atoms with van der Waals surface area (Å²) >= 11 is 0. The van der Waals surface area contributed by atoms with Crippen LogP contribution >= 0.6 is 7.75 Å². The molecule has 1 aromatic heterocycles. The zero-order valence-corrected chi connectivity index (χ0v) is 18.6. The predicted octanol–water partition coefficient (Wildman–Crippen LogP) is 1.13. The Morgan fingerprint density at radius 3 is 2.70 bits per heavy atom. The zero-order valence-electron chi connectivity index (χ0n) is 17.7. The molecule has 33 heavy (non-hydrogen) atoms. The summed E-state index contributed by atoms with van der Waals surface area (Å²) in [6.07, 6.45) is -0.102. The molecule has 12 nitrogen and oxygen atoms in total. The fourth-order valence-corrected chi connectivity index (χ4v) is 5.34. The molecule has 0 radical (unpaired) electrons. The normalized spacial score (nSPS) is 25.9. The molecule has 1 saturated carbocycles. The summed E-state index contributed by atoms with van der Waals surface area (Å²) in [7, 11) is -4.18. The maximum absolute atomic E-state index is 13.3. The molecule has 2 aromatic rings. The van der Waals surface area contributed by atoms with Crippen LogP contribution in [0.3, 0.4) is 0 Å². The first-order chi connectivity index (χ1) is 15.6.